The molecule has 144 valence electrons. The van der Waals surface area contributed by atoms with Gasteiger partial charge in [-0.2, -0.15) is 0 Å². The predicted octanol–water partition coefficient (Wildman–Crippen LogP) is 4.11. The molecule has 27 heavy (non-hydrogen) atoms. The lowest BCUT2D eigenvalue weighted by atomic mass is 10.2. The van der Waals surface area contributed by atoms with E-state index in [1.165, 1.54) is 6.07 Å². The van der Waals surface area contributed by atoms with Gasteiger partial charge in [-0.15, -0.1) is 0 Å². The van der Waals surface area contributed by atoms with Crippen LogP contribution in [0.5, 0.6) is 5.75 Å². The number of hydrogen-bond acceptors (Lipinski definition) is 3. The van der Waals surface area contributed by atoms with E-state index in [1.807, 2.05) is 30.9 Å². The number of carbonyl (C=O) groups excluding carboxylic acids is 1. The fraction of sp³-hybridized carbons (Fsp3) is 0.350. The van der Waals surface area contributed by atoms with E-state index in [0.717, 1.165) is 11.8 Å². The number of halogens is 2. The van der Waals surface area contributed by atoms with Gasteiger partial charge in [0.25, 0.3) is 0 Å². The Morgan fingerprint density at radius 2 is 1.67 bits per heavy atom. The molecule has 0 saturated carbocycles. The van der Waals surface area contributed by atoms with Crippen LogP contribution in [0.15, 0.2) is 42.5 Å². The summed E-state index contributed by atoms with van der Waals surface area (Å²) in [4.78, 5) is 16.1. The average Bonchev–Trinajstić information content (AvgIpc) is 2.65. The summed E-state index contributed by atoms with van der Waals surface area (Å²) in [5.74, 6) is -0.970. The number of piperazine rings is 1. The van der Waals surface area contributed by atoms with Crippen molar-refractivity contribution in [3.63, 3.8) is 0 Å². The van der Waals surface area contributed by atoms with E-state index < -0.39 is 11.6 Å². The molecule has 3 rings (SSSR count). The molecule has 1 aliphatic rings. The summed E-state index contributed by atoms with van der Waals surface area (Å²) in [5.41, 5.74) is 1.31. The van der Waals surface area contributed by atoms with E-state index >= 15 is 0 Å². The number of nitrogens with one attached hydrogen (secondary N) is 1. The van der Waals surface area contributed by atoms with Crippen LogP contribution in [0.3, 0.4) is 0 Å². The van der Waals surface area contributed by atoms with Crippen LogP contribution < -0.4 is 15.0 Å². The Hall–Kier alpha value is -2.83. The van der Waals surface area contributed by atoms with E-state index in [0.29, 0.717) is 37.6 Å². The van der Waals surface area contributed by atoms with Gasteiger partial charge in [0.05, 0.1) is 6.10 Å². The van der Waals surface area contributed by atoms with Crippen LogP contribution in [-0.4, -0.2) is 43.2 Å². The smallest absolute Gasteiger partial charge is 0.321 e. The van der Waals surface area contributed by atoms with Crippen molar-refractivity contribution in [2.75, 3.05) is 36.4 Å². The summed E-state index contributed by atoms with van der Waals surface area (Å²) in [5, 5.41) is 2.87. The van der Waals surface area contributed by atoms with Crippen LogP contribution in [0.4, 0.5) is 25.0 Å². The molecule has 7 heteroatoms. The van der Waals surface area contributed by atoms with Gasteiger partial charge in [0.2, 0.25) is 0 Å². The highest BCUT2D eigenvalue weighted by Gasteiger charge is 2.22. The molecule has 0 unspecified atom stereocenters. The molecule has 1 N–H and O–H groups in total. The predicted molar refractivity (Wildman–Crippen MR) is 101 cm³/mol. The summed E-state index contributed by atoms with van der Waals surface area (Å²) in [7, 11) is 0. The van der Waals surface area contributed by atoms with Crippen molar-refractivity contribution in [3.8, 4) is 5.75 Å². The van der Waals surface area contributed by atoms with Gasteiger partial charge in [-0.05, 0) is 50.2 Å². The highest BCUT2D eigenvalue weighted by atomic mass is 19.2. The van der Waals surface area contributed by atoms with Crippen molar-refractivity contribution in [3.05, 3.63) is 54.1 Å². The van der Waals surface area contributed by atoms with E-state index in [4.69, 9.17) is 4.74 Å². The molecule has 1 fully saturated rings. The fourth-order valence-corrected chi connectivity index (χ4v) is 2.94. The highest BCUT2D eigenvalue weighted by molar-refractivity contribution is 5.89. The van der Waals surface area contributed by atoms with Crippen LogP contribution in [0.1, 0.15) is 13.8 Å². The van der Waals surface area contributed by atoms with Crippen molar-refractivity contribution in [1.29, 1.82) is 0 Å². The van der Waals surface area contributed by atoms with Gasteiger partial charge < -0.3 is 19.9 Å². The number of carbonyl (C=O) groups is 1. The third kappa shape index (κ3) is 4.87. The molecule has 0 radical (unpaired) electrons. The standard InChI is InChI=1S/C20H23F2N3O2/c1-14(2)27-17-6-3-15(4-7-17)23-20(26)25-11-9-24(10-12-25)16-5-8-18(21)19(22)13-16/h3-8,13-14H,9-12H2,1-2H3,(H,23,26). The number of amides is 2. The molecular weight excluding hydrogens is 352 g/mol. The van der Waals surface area contributed by atoms with E-state index in [-0.39, 0.29) is 12.1 Å². The highest BCUT2D eigenvalue weighted by Crippen LogP contribution is 2.21. The van der Waals surface area contributed by atoms with Crippen molar-refractivity contribution < 1.29 is 18.3 Å². The molecule has 0 bridgehead atoms. The Morgan fingerprint density at radius 1 is 1.00 bits per heavy atom. The van der Waals surface area contributed by atoms with E-state index in [9.17, 15) is 13.6 Å². The maximum atomic E-state index is 13.4. The zero-order chi connectivity index (χ0) is 19.4. The third-order valence-electron chi connectivity index (χ3n) is 4.31. The zero-order valence-electron chi connectivity index (χ0n) is 15.4. The normalized spacial score (nSPS) is 14.4. The Kier molecular flexibility index (Phi) is 5.78. The number of hydrogen-bond donors (Lipinski definition) is 1. The van der Waals surface area contributed by atoms with Gasteiger partial charge in [0.1, 0.15) is 5.75 Å². The van der Waals surface area contributed by atoms with E-state index in [1.54, 1.807) is 23.1 Å². The first kappa shape index (κ1) is 18.9. The number of nitrogens with zero attached hydrogens (tertiary/aromatic N) is 2. The molecule has 0 atom stereocenters. The van der Waals surface area contributed by atoms with Gasteiger partial charge in [-0.1, -0.05) is 0 Å². The molecular formula is C20H23F2N3O2. The van der Waals surface area contributed by atoms with Gasteiger partial charge in [0.15, 0.2) is 11.6 Å². The molecule has 0 aliphatic carbocycles. The lowest BCUT2D eigenvalue weighted by molar-refractivity contribution is 0.208. The second-order valence-electron chi connectivity index (χ2n) is 6.69. The van der Waals surface area contributed by atoms with Crippen molar-refractivity contribution >= 4 is 17.4 Å². The van der Waals surface area contributed by atoms with Gasteiger partial charge in [-0.3, -0.25) is 0 Å². The lowest BCUT2D eigenvalue weighted by Crippen LogP contribution is -2.50. The van der Waals surface area contributed by atoms with Crippen molar-refractivity contribution in [1.82, 2.24) is 4.90 Å². The number of rotatable bonds is 4. The molecule has 2 aromatic rings. The quantitative estimate of drug-likeness (QED) is 0.875. The van der Waals surface area contributed by atoms with Crippen LogP contribution in [0.25, 0.3) is 0 Å². The van der Waals surface area contributed by atoms with E-state index in [2.05, 4.69) is 5.32 Å². The Balaban J connectivity index is 1.53. The van der Waals surface area contributed by atoms with Crippen molar-refractivity contribution in [2.45, 2.75) is 20.0 Å². The fourth-order valence-electron chi connectivity index (χ4n) is 2.94. The molecule has 0 aromatic heterocycles. The zero-order valence-corrected chi connectivity index (χ0v) is 15.4. The Bertz CT molecular complexity index is 788. The van der Waals surface area contributed by atoms with Gasteiger partial charge >= 0.3 is 6.03 Å². The first-order valence-electron chi connectivity index (χ1n) is 8.95. The van der Waals surface area contributed by atoms with Crippen LogP contribution >= 0.6 is 0 Å². The molecule has 1 aliphatic heterocycles. The van der Waals surface area contributed by atoms with Crippen LogP contribution in [0, 0.1) is 11.6 Å². The minimum Gasteiger partial charge on any atom is -0.491 e. The van der Waals surface area contributed by atoms with Crippen LogP contribution in [0.2, 0.25) is 0 Å². The Morgan fingerprint density at radius 3 is 2.26 bits per heavy atom. The van der Waals surface area contributed by atoms with Gasteiger partial charge in [-0.25, -0.2) is 13.6 Å². The summed E-state index contributed by atoms with van der Waals surface area (Å²) >= 11 is 0. The topological polar surface area (TPSA) is 44.8 Å². The minimum atomic E-state index is -0.863. The Labute approximate surface area is 157 Å². The summed E-state index contributed by atoms with van der Waals surface area (Å²) in [6, 6.07) is 10.9. The maximum absolute atomic E-state index is 13.4. The molecule has 1 saturated heterocycles. The maximum Gasteiger partial charge on any atom is 0.321 e. The third-order valence-corrected chi connectivity index (χ3v) is 4.31. The monoisotopic (exact) mass is 375 g/mol. The number of ether oxygens (including phenoxy) is 1. The summed E-state index contributed by atoms with van der Waals surface area (Å²) < 4.78 is 32.0. The molecule has 5 nitrogen and oxygen atoms in total. The number of anilines is 2. The lowest BCUT2D eigenvalue weighted by Gasteiger charge is -2.36. The first-order chi connectivity index (χ1) is 12.9. The second kappa shape index (κ2) is 8.24. The molecule has 2 amide bonds. The van der Waals surface area contributed by atoms with Crippen molar-refractivity contribution in [2.24, 2.45) is 0 Å². The number of benzene rings is 2. The summed E-state index contributed by atoms with van der Waals surface area (Å²) in [6.07, 6.45) is 0.0938. The average molecular weight is 375 g/mol. The van der Waals surface area contributed by atoms with Gasteiger partial charge in [0, 0.05) is 43.6 Å². The molecule has 0 spiro atoms. The SMILES string of the molecule is CC(C)Oc1ccc(NC(=O)N2CCN(c3ccc(F)c(F)c3)CC2)cc1. The molecule has 2 aromatic carbocycles. The minimum absolute atomic E-state index is 0.0938. The van der Waals surface area contributed by atoms with Crippen LogP contribution in [-0.2, 0) is 0 Å². The second-order valence-corrected chi connectivity index (χ2v) is 6.69. The largest absolute Gasteiger partial charge is 0.491 e. The molecule has 1 heterocycles. The first-order valence-corrected chi connectivity index (χ1v) is 8.95. The number of urea groups is 1. The summed E-state index contributed by atoms with van der Waals surface area (Å²) in [6.45, 7) is 6.02.